The zero-order valence-corrected chi connectivity index (χ0v) is 11.5. The summed E-state index contributed by atoms with van der Waals surface area (Å²) in [5, 5.41) is 0. The van der Waals surface area contributed by atoms with E-state index in [1.165, 1.54) is 6.07 Å². The summed E-state index contributed by atoms with van der Waals surface area (Å²) in [6.45, 7) is 1.74. The monoisotopic (exact) mass is 282 g/mol. The molecule has 1 aliphatic rings. The lowest BCUT2D eigenvalue weighted by molar-refractivity contribution is 0.0795. The minimum Gasteiger partial charge on any atom is -0.344 e. The lowest BCUT2D eigenvalue weighted by Gasteiger charge is -2.41. The van der Waals surface area contributed by atoms with Gasteiger partial charge in [-0.3, -0.25) is 9.88 Å². The zero-order valence-electron chi connectivity index (χ0n) is 11.5. The van der Waals surface area contributed by atoms with E-state index >= 15 is 0 Å². The molecule has 2 aromatic heterocycles. The standard InChI is InChI=1S/C16H15FN4/c17-13-4-2-1-3-12(13)14-5-8-21(14)10-11-9-20-16-15(11)18-6-7-19-16/h1-4,6-7,9,14H,5,8,10H2,(H,19,20). The van der Waals surface area contributed by atoms with Gasteiger partial charge in [0, 0.05) is 48.8 Å². The summed E-state index contributed by atoms with van der Waals surface area (Å²) >= 11 is 0. The largest absolute Gasteiger partial charge is 0.344 e. The molecular formula is C16H15FN4. The molecule has 1 atom stereocenters. The average Bonchev–Trinajstić information content (AvgIpc) is 2.89. The number of hydrogen-bond donors (Lipinski definition) is 1. The lowest BCUT2D eigenvalue weighted by atomic mass is 9.94. The van der Waals surface area contributed by atoms with Crippen molar-refractivity contribution in [2.75, 3.05) is 6.54 Å². The summed E-state index contributed by atoms with van der Waals surface area (Å²) in [6.07, 6.45) is 6.31. The molecular weight excluding hydrogens is 267 g/mol. The first-order chi connectivity index (χ1) is 10.3. The van der Waals surface area contributed by atoms with E-state index in [0.29, 0.717) is 0 Å². The predicted octanol–water partition coefficient (Wildman–Crippen LogP) is 3.04. The Labute approximate surface area is 121 Å². The number of rotatable bonds is 3. The number of halogens is 1. The van der Waals surface area contributed by atoms with Gasteiger partial charge < -0.3 is 4.98 Å². The van der Waals surface area contributed by atoms with Crippen LogP contribution in [-0.4, -0.2) is 26.4 Å². The van der Waals surface area contributed by atoms with E-state index in [0.717, 1.165) is 41.8 Å². The van der Waals surface area contributed by atoms with E-state index in [4.69, 9.17) is 0 Å². The molecule has 0 saturated carbocycles. The van der Waals surface area contributed by atoms with Crippen molar-refractivity contribution < 1.29 is 4.39 Å². The van der Waals surface area contributed by atoms with Crippen molar-refractivity contribution in [3.05, 3.63) is 59.8 Å². The van der Waals surface area contributed by atoms with Gasteiger partial charge in [0.25, 0.3) is 0 Å². The molecule has 1 saturated heterocycles. The zero-order chi connectivity index (χ0) is 14.2. The molecule has 1 aromatic carbocycles. The second-order valence-corrected chi connectivity index (χ2v) is 5.36. The van der Waals surface area contributed by atoms with E-state index in [2.05, 4.69) is 19.9 Å². The van der Waals surface area contributed by atoms with E-state index in [9.17, 15) is 4.39 Å². The van der Waals surface area contributed by atoms with Crippen molar-refractivity contribution in [2.45, 2.75) is 19.0 Å². The highest BCUT2D eigenvalue weighted by Gasteiger charge is 2.31. The molecule has 1 N–H and O–H groups in total. The smallest absolute Gasteiger partial charge is 0.156 e. The van der Waals surface area contributed by atoms with Crippen molar-refractivity contribution in [3.63, 3.8) is 0 Å². The number of aromatic nitrogens is 3. The first kappa shape index (κ1) is 12.5. The Balaban J connectivity index is 1.59. The molecule has 3 heterocycles. The number of aromatic amines is 1. The van der Waals surface area contributed by atoms with E-state index in [1.54, 1.807) is 18.5 Å². The molecule has 0 spiro atoms. The quantitative estimate of drug-likeness (QED) is 0.803. The third kappa shape index (κ3) is 2.10. The van der Waals surface area contributed by atoms with Crippen LogP contribution in [0.25, 0.3) is 11.2 Å². The lowest BCUT2D eigenvalue weighted by Crippen LogP contribution is -2.40. The third-order valence-electron chi connectivity index (χ3n) is 4.15. The molecule has 1 fully saturated rings. The minimum atomic E-state index is -0.120. The van der Waals surface area contributed by atoms with Gasteiger partial charge in [0.15, 0.2) is 5.65 Å². The Morgan fingerprint density at radius 2 is 2.10 bits per heavy atom. The highest BCUT2D eigenvalue weighted by molar-refractivity contribution is 5.74. The number of nitrogens with one attached hydrogen (secondary N) is 1. The maximum Gasteiger partial charge on any atom is 0.156 e. The summed E-state index contributed by atoms with van der Waals surface area (Å²) in [5.74, 6) is -0.120. The molecule has 1 aliphatic heterocycles. The SMILES string of the molecule is Fc1ccccc1C1CCN1Cc1c[nH]c2nccnc12. The molecule has 5 heteroatoms. The van der Waals surface area contributed by atoms with Gasteiger partial charge in [-0.2, -0.15) is 0 Å². The van der Waals surface area contributed by atoms with Crippen LogP contribution in [0.1, 0.15) is 23.6 Å². The van der Waals surface area contributed by atoms with Crippen LogP contribution in [-0.2, 0) is 6.54 Å². The third-order valence-corrected chi connectivity index (χ3v) is 4.15. The Bertz CT molecular complexity index is 783. The second kappa shape index (κ2) is 4.93. The fourth-order valence-electron chi connectivity index (χ4n) is 2.97. The number of hydrogen-bond acceptors (Lipinski definition) is 3. The maximum atomic E-state index is 13.9. The van der Waals surface area contributed by atoms with Crippen LogP contribution in [0.2, 0.25) is 0 Å². The molecule has 21 heavy (non-hydrogen) atoms. The first-order valence-corrected chi connectivity index (χ1v) is 7.08. The van der Waals surface area contributed by atoms with Gasteiger partial charge in [-0.05, 0) is 12.5 Å². The summed E-state index contributed by atoms with van der Waals surface area (Å²) in [5.41, 5.74) is 3.60. The summed E-state index contributed by atoms with van der Waals surface area (Å²) in [6, 6.07) is 7.20. The van der Waals surface area contributed by atoms with Crippen LogP contribution >= 0.6 is 0 Å². The van der Waals surface area contributed by atoms with Crippen LogP contribution in [0.3, 0.4) is 0 Å². The molecule has 106 valence electrons. The maximum absolute atomic E-state index is 13.9. The van der Waals surface area contributed by atoms with E-state index < -0.39 is 0 Å². The van der Waals surface area contributed by atoms with Gasteiger partial charge >= 0.3 is 0 Å². The molecule has 0 radical (unpaired) electrons. The van der Waals surface area contributed by atoms with Gasteiger partial charge in [-0.25, -0.2) is 9.37 Å². The van der Waals surface area contributed by atoms with Crippen LogP contribution in [0, 0.1) is 5.82 Å². The molecule has 0 bridgehead atoms. The van der Waals surface area contributed by atoms with Gasteiger partial charge in [-0.1, -0.05) is 18.2 Å². The van der Waals surface area contributed by atoms with Gasteiger partial charge in [-0.15, -0.1) is 0 Å². The van der Waals surface area contributed by atoms with Gasteiger partial charge in [0.05, 0.1) is 0 Å². The molecule has 4 nitrogen and oxygen atoms in total. The predicted molar refractivity (Wildman–Crippen MR) is 78.1 cm³/mol. The Kier molecular flexibility index (Phi) is 2.93. The van der Waals surface area contributed by atoms with Crippen molar-refractivity contribution in [2.24, 2.45) is 0 Å². The van der Waals surface area contributed by atoms with E-state index in [1.807, 2.05) is 18.3 Å². The number of H-pyrrole nitrogens is 1. The van der Waals surface area contributed by atoms with Crippen molar-refractivity contribution in [1.82, 2.24) is 19.9 Å². The average molecular weight is 282 g/mol. The van der Waals surface area contributed by atoms with Crippen LogP contribution < -0.4 is 0 Å². The number of likely N-dealkylation sites (tertiary alicyclic amines) is 1. The fourth-order valence-corrected chi connectivity index (χ4v) is 2.97. The molecule has 1 unspecified atom stereocenters. The minimum absolute atomic E-state index is 0.120. The summed E-state index contributed by atoms with van der Waals surface area (Å²) in [7, 11) is 0. The Morgan fingerprint density at radius 1 is 1.24 bits per heavy atom. The fraction of sp³-hybridized carbons (Fsp3) is 0.250. The van der Waals surface area contributed by atoms with Crippen molar-refractivity contribution in [1.29, 1.82) is 0 Å². The highest BCUT2D eigenvalue weighted by Crippen LogP contribution is 2.36. The van der Waals surface area contributed by atoms with Crippen LogP contribution in [0.4, 0.5) is 4.39 Å². The molecule has 0 aliphatic carbocycles. The Hall–Kier alpha value is -2.27. The van der Waals surface area contributed by atoms with E-state index in [-0.39, 0.29) is 11.9 Å². The molecule has 0 amide bonds. The van der Waals surface area contributed by atoms with Crippen molar-refractivity contribution in [3.8, 4) is 0 Å². The highest BCUT2D eigenvalue weighted by atomic mass is 19.1. The van der Waals surface area contributed by atoms with Crippen LogP contribution in [0.15, 0.2) is 42.9 Å². The number of fused-ring (bicyclic) bond motifs is 1. The van der Waals surface area contributed by atoms with Gasteiger partial charge in [0.1, 0.15) is 11.3 Å². The molecule has 4 rings (SSSR count). The Morgan fingerprint density at radius 3 is 2.90 bits per heavy atom. The van der Waals surface area contributed by atoms with Crippen molar-refractivity contribution >= 4 is 11.2 Å². The molecule has 3 aromatic rings. The summed E-state index contributed by atoms with van der Waals surface area (Å²) < 4.78 is 13.9. The number of nitrogens with zero attached hydrogens (tertiary/aromatic N) is 3. The number of benzene rings is 1. The van der Waals surface area contributed by atoms with Gasteiger partial charge in [0.2, 0.25) is 0 Å². The second-order valence-electron chi connectivity index (χ2n) is 5.36. The first-order valence-electron chi connectivity index (χ1n) is 7.08. The normalized spacial score (nSPS) is 18.8. The topological polar surface area (TPSA) is 44.8 Å². The summed E-state index contributed by atoms with van der Waals surface area (Å²) in [4.78, 5) is 14.0. The van der Waals surface area contributed by atoms with Crippen LogP contribution in [0.5, 0.6) is 0 Å².